The quantitative estimate of drug-likeness (QED) is 0.732. The lowest BCUT2D eigenvalue weighted by Gasteiger charge is -2.36. The van der Waals surface area contributed by atoms with Crippen molar-refractivity contribution in [1.29, 1.82) is 0 Å². The van der Waals surface area contributed by atoms with Gasteiger partial charge in [0.2, 0.25) is 15.9 Å². The molecule has 1 aromatic carbocycles. The zero-order valence-electron chi connectivity index (χ0n) is 13.9. The fourth-order valence-corrected chi connectivity index (χ4v) is 4.25. The molecule has 1 unspecified atom stereocenters. The van der Waals surface area contributed by atoms with Crippen molar-refractivity contribution in [2.24, 2.45) is 0 Å². The molecule has 1 fully saturated rings. The third kappa shape index (κ3) is 4.99. The van der Waals surface area contributed by atoms with E-state index in [1.165, 1.54) is 16.4 Å². The number of carbonyl (C=O) groups excluding carboxylic acids is 1. The number of carbonyl (C=O) groups is 1. The van der Waals surface area contributed by atoms with Crippen molar-refractivity contribution in [2.45, 2.75) is 19.9 Å². The Hall–Kier alpha value is -0.570. The molecule has 1 heterocycles. The van der Waals surface area contributed by atoms with E-state index in [0.29, 0.717) is 46.9 Å². The SMILES string of the molecule is CCS(=O)(=O)N1CCN(C(C)C(=O)Nc2cc(Cl)c(Cl)cc2Cl)CC1. The molecular weight excluding hydrogens is 409 g/mol. The van der Waals surface area contributed by atoms with Gasteiger partial charge in [-0.2, -0.15) is 4.31 Å². The third-order valence-corrected chi connectivity index (χ3v) is 7.14. The van der Waals surface area contributed by atoms with Gasteiger partial charge >= 0.3 is 0 Å². The van der Waals surface area contributed by atoms with Gasteiger partial charge < -0.3 is 5.32 Å². The number of nitrogens with one attached hydrogen (secondary N) is 1. The topological polar surface area (TPSA) is 69.7 Å². The molecule has 10 heteroatoms. The highest BCUT2D eigenvalue weighted by Gasteiger charge is 2.30. The van der Waals surface area contributed by atoms with Gasteiger partial charge in [0.25, 0.3) is 0 Å². The van der Waals surface area contributed by atoms with Crippen LogP contribution >= 0.6 is 34.8 Å². The van der Waals surface area contributed by atoms with Crippen molar-refractivity contribution in [3.8, 4) is 0 Å². The summed E-state index contributed by atoms with van der Waals surface area (Å²) in [5, 5.41) is 3.65. The molecule has 1 aromatic rings. The summed E-state index contributed by atoms with van der Waals surface area (Å²) in [6, 6.07) is 2.54. The van der Waals surface area contributed by atoms with E-state index in [2.05, 4.69) is 5.32 Å². The van der Waals surface area contributed by atoms with Crippen LogP contribution in [0.4, 0.5) is 5.69 Å². The highest BCUT2D eigenvalue weighted by molar-refractivity contribution is 7.89. The molecule has 1 aliphatic heterocycles. The first-order valence-electron chi connectivity index (χ1n) is 7.83. The Morgan fingerprint density at radius 1 is 1.12 bits per heavy atom. The number of amides is 1. The van der Waals surface area contributed by atoms with Crippen molar-refractivity contribution in [2.75, 3.05) is 37.2 Å². The minimum absolute atomic E-state index is 0.0822. The molecule has 2 rings (SSSR count). The van der Waals surface area contributed by atoms with Crippen molar-refractivity contribution in [3.63, 3.8) is 0 Å². The summed E-state index contributed by atoms with van der Waals surface area (Å²) in [5.41, 5.74) is 0.389. The van der Waals surface area contributed by atoms with Crippen LogP contribution in [0.3, 0.4) is 0 Å². The third-order valence-electron chi connectivity index (χ3n) is 4.23. The van der Waals surface area contributed by atoms with Gasteiger partial charge in [-0.15, -0.1) is 0 Å². The first-order valence-corrected chi connectivity index (χ1v) is 10.6. The maximum atomic E-state index is 12.5. The fourth-order valence-electron chi connectivity index (χ4n) is 2.57. The number of nitrogens with zero attached hydrogens (tertiary/aromatic N) is 2. The summed E-state index contributed by atoms with van der Waals surface area (Å²) in [4.78, 5) is 14.4. The van der Waals surface area contributed by atoms with E-state index in [1.54, 1.807) is 13.8 Å². The Morgan fingerprint density at radius 2 is 1.68 bits per heavy atom. The zero-order chi connectivity index (χ0) is 18.8. The lowest BCUT2D eigenvalue weighted by Crippen LogP contribution is -2.54. The van der Waals surface area contributed by atoms with Crippen LogP contribution in [-0.2, 0) is 14.8 Å². The molecule has 0 bridgehead atoms. The first-order chi connectivity index (χ1) is 11.7. The molecule has 0 saturated carbocycles. The van der Waals surface area contributed by atoms with Gasteiger partial charge in [-0.05, 0) is 26.0 Å². The summed E-state index contributed by atoms with van der Waals surface area (Å²) >= 11 is 17.9. The Labute approximate surface area is 163 Å². The van der Waals surface area contributed by atoms with Gasteiger partial charge in [-0.25, -0.2) is 8.42 Å². The minimum atomic E-state index is -3.19. The van der Waals surface area contributed by atoms with Crippen LogP contribution in [0.25, 0.3) is 0 Å². The summed E-state index contributed by atoms with van der Waals surface area (Å²) in [7, 11) is -3.19. The van der Waals surface area contributed by atoms with E-state index < -0.39 is 16.1 Å². The summed E-state index contributed by atoms with van der Waals surface area (Å²) in [5.74, 6) is -0.161. The molecule has 0 aliphatic carbocycles. The van der Waals surface area contributed by atoms with Gasteiger partial charge in [-0.3, -0.25) is 9.69 Å². The van der Waals surface area contributed by atoms with Crippen LogP contribution in [0.1, 0.15) is 13.8 Å². The number of sulfonamides is 1. The Kier molecular flexibility index (Phi) is 6.98. The minimum Gasteiger partial charge on any atom is -0.323 e. The summed E-state index contributed by atoms with van der Waals surface area (Å²) in [6.45, 7) is 5.12. The molecule has 1 amide bonds. The fraction of sp³-hybridized carbons (Fsp3) is 0.533. The second-order valence-electron chi connectivity index (χ2n) is 5.75. The average molecular weight is 429 g/mol. The molecule has 1 saturated heterocycles. The second kappa shape index (κ2) is 8.41. The number of anilines is 1. The number of hydrogen-bond donors (Lipinski definition) is 1. The standard InChI is InChI=1S/C15H20Cl3N3O3S/c1-3-25(23,24)21-6-4-20(5-7-21)10(2)15(22)19-14-9-12(17)11(16)8-13(14)18/h8-10H,3-7H2,1-2H3,(H,19,22). The highest BCUT2D eigenvalue weighted by atomic mass is 35.5. The maximum Gasteiger partial charge on any atom is 0.241 e. The average Bonchev–Trinajstić information content (AvgIpc) is 2.59. The van der Waals surface area contributed by atoms with Crippen LogP contribution in [0, 0.1) is 0 Å². The molecule has 6 nitrogen and oxygen atoms in total. The van der Waals surface area contributed by atoms with Crippen LogP contribution in [-0.4, -0.2) is 61.5 Å². The number of piperazine rings is 1. The largest absolute Gasteiger partial charge is 0.323 e. The zero-order valence-corrected chi connectivity index (χ0v) is 17.0. The van der Waals surface area contributed by atoms with Crippen LogP contribution in [0.5, 0.6) is 0 Å². The first kappa shape index (κ1) is 20.7. The van der Waals surface area contributed by atoms with Gasteiger partial charge in [0.15, 0.2) is 0 Å². The van der Waals surface area contributed by atoms with Crippen molar-refractivity contribution in [1.82, 2.24) is 9.21 Å². The maximum absolute atomic E-state index is 12.5. The molecule has 0 radical (unpaired) electrons. The number of rotatable bonds is 5. The Bertz CT molecular complexity index is 750. The number of hydrogen-bond acceptors (Lipinski definition) is 4. The molecule has 1 atom stereocenters. The Balaban J connectivity index is 1.99. The van der Waals surface area contributed by atoms with Crippen molar-refractivity contribution in [3.05, 3.63) is 27.2 Å². The molecule has 1 aliphatic rings. The van der Waals surface area contributed by atoms with E-state index in [0.717, 1.165) is 0 Å². The Morgan fingerprint density at radius 3 is 2.24 bits per heavy atom. The van der Waals surface area contributed by atoms with Gasteiger partial charge in [0.05, 0.1) is 32.5 Å². The normalized spacial score (nSPS) is 18.1. The monoisotopic (exact) mass is 427 g/mol. The summed E-state index contributed by atoms with van der Waals surface area (Å²) in [6.07, 6.45) is 0. The molecule has 0 spiro atoms. The lowest BCUT2D eigenvalue weighted by molar-refractivity contribution is -0.121. The van der Waals surface area contributed by atoms with Crippen LogP contribution in [0.2, 0.25) is 15.1 Å². The predicted molar refractivity (Wildman–Crippen MR) is 102 cm³/mol. The molecule has 140 valence electrons. The predicted octanol–water partition coefficient (Wildman–Crippen LogP) is 2.94. The number of benzene rings is 1. The van der Waals surface area contributed by atoms with E-state index in [9.17, 15) is 13.2 Å². The van der Waals surface area contributed by atoms with Gasteiger partial charge in [-0.1, -0.05) is 34.8 Å². The highest BCUT2D eigenvalue weighted by Crippen LogP contribution is 2.32. The second-order valence-corrected chi connectivity index (χ2v) is 9.23. The van der Waals surface area contributed by atoms with Gasteiger partial charge in [0.1, 0.15) is 0 Å². The lowest BCUT2D eigenvalue weighted by atomic mass is 10.2. The smallest absolute Gasteiger partial charge is 0.241 e. The van der Waals surface area contributed by atoms with E-state index in [1.807, 2.05) is 4.90 Å². The van der Waals surface area contributed by atoms with E-state index in [4.69, 9.17) is 34.8 Å². The van der Waals surface area contributed by atoms with Crippen molar-refractivity contribution >= 4 is 56.4 Å². The number of halogens is 3. The van der Waals surface area contributed by atoms with E-state index >= 15 is 0 Å². The molecule has 0 aromatic heterocycles. The van der Waals surface area contributed by atoms with E-state index in [-0.39, 0.29) is 11.7 Å². The molecule has 25 heavy (non-hydrogen) atoms. The van der Waals surface area contributed by atoms with Crippen LogP contribution in [0.15, 0.2) is 12.1 Å². The van der Waals surface area contributed by atoms with Crippen molar-refractivity contribution < 1.29 is 13.2 Å². The van der Waals surface area contributed by atoms with Gasteiger partial charge in [0, 0.05) is 26.2 Å². The summed E-state index contributed by atoms with van der Waals surface area (Å²) < 4.78 is 25.2. The van der Waals surface area contributed by atoms with Crippen LogP contribution < -0.4 is 5.32 Å². The molecular formula is C15H20Cl3N3O3S. The molecule has 1 N–H and O–H groups in total.